The highest BCUT2D eigenvalue weighted by molar-refractivity contribution is 8.00. The van der Waals surface area contributed by atoms with Gasteiger partial charge in [0, 0.05) is 45.3 Å². The third-order valence-electron chi connectivity index (χ3n) is 10.4. The average Bonchev–Trinajstić information content (AvgIpc) is 3.59. The maximum absolute atomic E-state index is 7.00. The Hall–Kier alpha value is -6.10. The molecule has 1 heterocycles. The van der Waals surface area contributed by atoms with Gasteiger partial charge in [-0.2, -0.15) is 0 Å². The third kappa shape index (κ3) is 7.39. The molecule has 3 nitrogen and oxygen atoms in total. The summed E-state index contributed by atoms with van der Waals surface area (Å²) in [7, 11) is 0. The van der Waals surface area contributed by atoms with E-state index >= 15 is 0 Å². The quantitative estimate of drug-likeness (QED) is 0.116. The Morgan fingerprint density at radius 2 is 1.43 bits per heavy atom. The van der Waals surface area contributed by atoms with Crippen molar-refractivity contribution >= 4 is 47.1 Å². The molecule has 6 aromatic rings. The largest absolute Gasteiger partial charge is 0.404 e. The van der Waals surface area contributed by atoms with E-state index in [4.69, 9.17) is 16.5 Å². The first-order valence-electron chi connectivity index (χ1n) is 18.5. The zero-order valence-electron chi connectivity index (χ0n) is 30.4. The minimum atomic E-state index is 0.00757. The van der Waals surface area contributed by atoms with Crippen molar-refractivity contribution in [3.63, 3.8) is 0 Å². The molecule has 0 fully saturated rings. The number of hydrogen-bond acceptors (Lipinski definition) is 4. The Morgan fingerprint density at radius 3 is 2.20 bits per heavy atom. The lowest BCUT2D eigenvalue weighted by atomic mass is 9.90. The van der Waals surface area contributed by atoms with Gasteiger partial charge in [0.15, 0.2) is 0 Å². The second kappa shape index (κ2) is 15.5. The Balaban J connectivity index is 1.05. The number of benzene rings is 6. The van der Waals surface area contributed by atoms with E-state index in [0.717, 1.165) is 44.7 Å². The third-order valence-corrected chi connectivity index (χ3v) is 11.8. The summed E-state index contributed by atoms with van der Waals surface area (Å²) in [5, 5.41) is 4.83. The molecular weight excluding hydrogens is 675 g/mol. The Bertz CT molecular complexity index is 2610. The predicted octanol–water partition coefficient (Wildman–Crippen LogP) is 9.96. The fourth-order valence-electron chi connectivity index (χ4n) is 7.38. The van der Waals surface area contributed by atoms with Crippen LogP contribution in [0.15, 0.2) is 185 Å². The van der Waals surface area contributed by atoms with Gasteiger partial charge in [-0.05, 0) is 97.8 Å². The van der Waals surface area contributed by atoms with E-state index < -0.39 is 0 Å². The molecule has 54 heavy (non-hydrogen) atoms. The van der Waals surface area contributed by atoms with Gasteiger partial charge in [-0.1, -0.05) is 146 Å². The molecule has 2 aliphatic rings. The summed E-state index contributed by atoms with van der Waals surface area (Å²) >= 11 is 1.97. The fourth-order valence-corrected chi connectivity index (χ4v) is 8.70. The van der Waals surface area contributed by atoms with E-state index in [0.29, 0.717) is 16.9 Å². The molecule has 0 amide bonds. The number of rotatable bonds is 9. The van der Waals surface area contributed by atoms with E-state index in [-0.39, 0.29) is 6.04 Å². The van der Waals surface area contributed by atoms with Gasteiger partial charge < -0.3 is 11.5 Å². The first kappa shape index (κ1) is 35.0. The lowest BCUT2D eigenvalue weighted by molar-refractivity contribution is 0.744. The highest BCUT2D eigenvalue weighted by Crippen LogP contribution is 2.49. The molecule has 264 valence electrons. The molecule has 0 bridgehead atoms. The number of nitrogens with zero attached hydrogens (tertiary/aromatic N) is 1. The molecule has 4 heteroatoms. The van der Waals surface area contributed by atoms with Gasteiger partial charge in [0.2, 0.25) is 0 Å². The zero-order chi connectivity index (χ0) is 37.0. The molecule has 2 unspecified atom stereocenters. The number of fused-ring (bicyclic) bond motifs is 4. The predicted molar refractivity (Wildman–Crippen MR) is 233 cm³/mol. The second-order valence-electron chi connectivity index (χ2n) is 14.1. The standard InChI is InChI=1S/C50H43N3S/c1-33-9-3-4-11-40(33)28-44(31-51)47(50(52)39-22-19-38(20-23-39)42-24-21-36-10-5-6-12-41(36)29-42)32-53-34(2)27-35-15-17-37(18-16-35)43-25-26-49-46(30-43)45-13-7-8-14-48(45)54-49/h3-26,28-32,34,45,48H,1,27,51-52H2,2H3/b40-28-,44-31+,50-47?,53-32?/t34-,45?,48?/m1/s1. The van der Waals surface area contributed by atoms with Crippen molar-refractivity contribution in [1.82, 2.24) is 0 Å². The van der Waals surface area contributed by atoms with Crippen LogP contribution in [0.5, 0.6) is 0 Å². The maximum atomic E-state index is 7.00. The first-order chi connectivity index (χ1) is 26.4. The summed E-state index contributed by atoms with van der Waals surface area (Å²) in [5.74, 6) is 0.455. The van der Waals surface area contributed by atoms with E-state index in [1.165, 1.54) is 37.9 Å². The van der Waals surface area contributed by atoms with Crippen LogP contribution in [0.25, 0.3) is 51.4 Å². The maximum Gasteiger partial charge on any atom is 0.0512 e. The van der Waals surface area contributed by atoms with Crippen molar-refractivity contribution in [1.29, 1.82) is 0 Å². The minimum absolute atomic E-state index is 0.00757. The summed E-state index contributed by atoms with van der Waals surface area (Å²) in [4.78, 5) is 6.43. The van der Waals surface area contributed by atoms with Crippen LogP contribution in [0.1, 0.15) is 29.5 Å². The number of hydrogen-bond donors (Lipinski definition) is 2. The summed E-state index contributed by atoms with van der Waals surface area (Å²) in [6, 6.07) is 47.2. The molecule has 0 aromatic heterocycles. The summed E-state index contributed by atoms with van der Waals surface area (Å²) < 4.78 is 0. The average molecular weight is 718 g/mol. The van der Waals surface area contributed by atoms with E-state index in [1.807, 2.05) is 48.3 Å². The molecule has 0 saturated carbocycles. The minimum Gasteiger partial charge on any atom is -0.404 e. The van der Waals surface area contributed by atoms with E-state index in [9.17, 15) is 0 Å². The summed E-state index contributed by atoms with van der Waals surface area (Å²) in [6.45, 7) is 6.36. The lowest BCUT2D eigenvalue weighted by Crippen LogP contribution is -2.22. The van der Waals surface area contributed by atoms with Crippen LogP contribution in [-0.4, -0.2) is 17.5 Å². The van der Waals surface area contributed by atoms with Crippen LogP contribution in [0, 0.1) is 0 Å². The van der Waals surface area contributed by atoms with Gasteiger partial charge in [-0.3, -0.25) is 4.99 Å². The van der Waals surface area contributed by atoms with Crippen molar-refractivity contribution in [2.24, 2.45) is 16.5 Å². The molecule has 0 spiro atoms. The van der Waals surface area contributed by atoms with Crippen molar-refractivity contribution in [2.45, 2.75) is 35.4 Å². The molecule has 0 radical (unpaired) electrons. The van der Waals surface area contributed by atoms with Crippen LogP contribution in [0.4, 0.5) is 0 Å². The van der Waals surface area contributed by atoms with Gasteiger partial charge >= 0.3 is 0 Å². The monoisotopic (exact) mass is 717 g/mol. The topological polar surface area (TPSA) is 64.4 Å². The summed E-state index contributed by atoms with van der Waals surface area (Å²) in [6.07, 6.45) is 15.3. The number of nitrogens with two attached hydrogens (primary N) is 2. The molecule has 6 aromatic carbocycles. The van der Waals surface area contributed by atoms with Gasteiger partial charge in [-0.25, -0.2) is 0 Å². The van der Waals surface area contributed by atoms with Crippen LogP contribution < -0.4 is 21.9 Å². The number of aliphatic imine (C=N–C) groups is 1. The zero-order valence-corrected chi connectivity index (χ0v) is 31.2. The van der Waals surface area contributed by atoms with Crippen LogP contribution in [0.2, 0.25) is 0 Å². The number of thioether (sulfide) groups is 1. The van der Waals surface area contributed by atoms with Crippen LogP contribution in [-0.2, 0) is 6.42 Å². The molecule has 1 aliphatic heterocycles. The molecule has 3 atom stereocenters. The van der Waals surface area contributed by atoms with E-state index in [2.05, 4.69) is 147 Å². The van der Waals surface area contributed by atoms with Gasteiger partial charge in [0.25, 0.3) is 0 Å². The van der Waals surface area contributed by atoms with Gasteiger partial charge in [-0.15, -0.1) is 11.8 Å². The molecule has 1 aliphatic carbocycles. The van der Waals surface area contributed by atoms with Gasteiger partial charge in [0.05, 0.1) is 6.04 Å². The van der Waals surface area contributed by atoms with Crippen molar-refractivity contribution in [3.05, 3.63) is 202 Å². The first-order valence-corrected chi connectivity index (χ1v) is 19.4. The van der Waals surface area contributed by atoms with Crippen molar-refractivity contribution in [2.75, 3.05) is 0 Å². The van der Waals surface area contributed by atoms with Crippen LogP contribution >= 0.6 is 11.8 Å². The van der Waals surface area contributed by atoms with Crippen molar-refractivity contribution in [3.8, 4) is 22.3 Å². The number of allylic oxidation sites excluding steroid dienone is 5. The highest BCUT2D eigenvalue weighted by Gasteiger charge is 2.31. The SMILES string of the molecule is C=c1cccc/c1=C/C(=C\N)C(C=N[C@H](C)Cc1ccc(-c2ccc3c(c2)C2C=CC=CC2S3)cc1)=C(N)c1ccc(-c2ccc3ccccc3c2)cc1. The van der Waals surface area contributed by atoms with Gasteiger partial charge in [0.1, 0.15) is 0 Å². The Morgan fingerprint density at radius 1 is 0.759 bits per heavy atom. The molecule has 0 saturated heterocycles. The molecular formula is C50H43N3S. The lowest BCUT2D eigenvalue weighted by Gasteiger charge is -2.15. The Labute approximate surface area is 322 Å². The normalized spacial score (nSPS) is 17.8. The molecule has 8 rings (SSSR count). The second-order valence-corrected chi connectivity index (χ2v) is 15.3. The fraction of sp³-hybridized carbons (Fsp3) is 0.100. The van der Waals surface area contributed by atoms with Crippen LogP contribution in [0.3, 0.4) is 0 Å². The smallest absolute Gasteiger partial charge is 0.0512 e. The van der Waals surface area contributed by atoms with E-state index in [1.54, 1.807) is 6.20 Å². The van der Waals surface area contributed by atoms with Crippen molar-refractivity contribution < 1.29 is 0 Å². The Kier molecular flexibility index (Phi) is 10.0. The summed E-state index contributed by atoms with van der Waals surface area (Å²) in [5.41, 5.74) is 23.8. The molecule has 4 N–H and O–H groups in total. The highest BCUT2D eigenvalue weighted by atomic mass is 32.2.